The van der Waals surface area contributed by atoms with Crippen molar-refractivity contribution in [2.45, 2.75) is 10.8 Å². The van der Waals surface area contributed by atoms with Gasteiger partial charge >= 0.3 is 0 Å². The van der Waals surface area contributed by atoms with E-state index in [1.807, 2.05) is 0 Å². The topological polar surface area (TPSA) is 19.4 Å². The number of nitrogens with zero attached hydrogens (tertiary/aromatic N) is 6. The molecule has 0 bridgehead atoms. The number of benzene rings is 18. The number of anilines is 18. The minimum atomic E-state index is -1.27. The molecule has 0 heterocycles. The molecule has 3 aliphatic rings. The molecule has 0 aliphatic heterocycles. The number of hydrogen-bond donors (Lipinski definition) is 0. The van der Waals surface area contributed by atoms with Gasteiger partial charge in [0.05, 0.1) is 10.8 Å². The molecule has 0 radical (unpaired) electrons. The van der Waals surface area contributed by atoms with Crippen molar-refractivity contribution in [3.63, 3.8) is 0 Å². The van der Waals surface area contributed by atoms with Gasteiger partial charge in [-0.05, 0) is 285 Å². The summed E-state index contributed by atoms with van der Waals surface area (Å²) in [5.74, 6) is 0. The summed E-state index contributed by atoms with van der Waals surface area (Å²) in [5.41, 5.74) is 29.7. The molecule has 0 fully saturated rings. The highest BCUT2D eigenvalue weighted by molar-refractivity contribution is 6.03. The van der Waals surface area contributed by atoms with E-state index < -0.39 is 10.8 Å². The molecular formula is C110H78N6. The molecule has 3 aliphatic carbocycles. The van der Waals surface area contributed by atoms with Crippen LogP contribution in [0.25, 0.3) is 33.4 Å². The summed E-state index contributed by atoms with van der Waals surface area (Å²) in [4.78, 5) is 14.8. The summed E-state index contributed by atoms with van der Waals surface area (Å²) >= 11 is 0. The molecule has 21 rings (SSSR count). The van der Waals surface area contributed by atoms with Crippen LogP contribution in [0.1, 0.15) is 33.4 Å². The first kappa shape index (κ1) is 68.8. The fraction of sp³-hybridized carbons (Fsp3) is 0.0182. The third-order valence-electron chi connectivity index (χ3n) is 23.6. The van der Waals surface area contributed by atoms with Gasteiger partial charge in [-0.1, -0.05) is 255 Å². The summed E-state index contributed by atoms with van der Waals surface area (Å²) in [6.07, 6.45) is 0. The standard InChI is InChI=1S/C110H78N6/c1-13-37-79(38-14-1)111(80-39-15-2-16-40-80)91-61-67-97-98-68-62-94(114(85-49-25-7-26-50-85)86-51-27-8-28-52-86)76-106(98)110-107-77-95(115(87-53-29-9-30-54-87)88-55-31-10-32-56-88)65-71-101(107)99-69-63-92(112(81-41-17-3-18-42-81)82-43-19-4-20-44-82)74-104(99)109(110,103(97)73-91)105-75-93(113(83-45-21-5-22-46-83)84-47-23-6-24-48-84)64-70-100(105)102-72-66-96(78-108(102)110)116(89-57-33-11-34-58-89)90-59-35-12-36-60-90/h1-78H. The highest BCUT2D eigenvalue weighted by Gasteiger charge is 2.68. The highest BCUT2D eigenvalue weighted by Crippen LogP contribution is 2.75. The Hall–Kier alpha value is -15.2. The van der Waals surface area contributed by atoms with Crippen molar-refractivity contribution in [1.82, 2.24) is 0 Å². The monoisotopic (exact) mass is 1480 g/mol. The first-order valence-electron chi connectivity index (χ1n) is 39.9. The van der Waals surface area contributed by atoms with Crippen molar-refractivity contribution < 1.29 is 0 Å². The molecule has 0 aromatic heterocycles. The van der Waals surface area contributed by atoms with Gasteiger partial charge in [0, 0.05) is 102 Å². The molecule has 548 valence electrons. The Morgan fingerprint density at radius 3 is 0.310 bits per heavy atom. The van der Waals surface area contributed by atoms with E-state index in [1.165, 1.54) is 0 Å². The zero-order chi connectivity index (χ0) is 76.9. The SMILES string of the molecule is c1ccc(N(c2ccccc2)c2ccc3c(c2)C24c5cc(N(c6ccccc6)c6ccccc6)ccc5-c5ccc(N(c6ccccc6)c6ccccc6)cc5C2(c2cc(N(c5ccccc5)c5ccccc5)ccc2-3)c2cc(N(c3ccccc3)c3ccccc3)ccc2-c2ccc(N(c3ccccc3)c3ccccc3)cc24)cc1. The molecule has 116 heavy (non-hydrogen) atoms. The summed E-state index contributed by atoms with van der Waals surface area (Å²) in [6.45, 7) is 0. The number of rotatable bonds is 18. The largest absolute Gasteiger partial charge is 0.310 e. The first-order chi connectivity index (χ1) is 57.6. The Kier molecular flexibility index (Phi) is 17.3. The third kappa shape index (κ3) is 11.4. The third-order valence-corrected chi connectivity index (χ3v) is 23.6. The maximum absolute atomic E-state index is 2.61. The van der Waals surface area contributed by atoms with E-state index >= 15 is 0 Å². The second-order valence-electron chi connectivity index (χ2n) is 29.9. The first-order valence-corrected chi connectivity index (χ1v) is 39.9. The molecular weight excluding hydrogens is 1410 g/mol. The maximum Gasteiger partial charge on any atom is 0.0650 e. The van der Waals surface area contributed by atoms with Crippen LogP contribution in [0.2, 0.25) is 0 Å². The van der Waals surface area contributed by atoms with Crippen LogP contribution in [0.4, 0.5) is 102 Å². The van der Waals surface area contributed by atoms with Crippen LogP contribution in [0.5, 0.6) is 0 Å². The number of para-hydroxylation sites is 12. The zero-order valence-corrected chi connectivity index (χ0v) is 63.7. The van der Waals surface area contributed by atoms with Crippen molar-refractivity contribution in [2.24, 2.45) is 0 Å². The van der Waals surface area contributed by atoms with Crippen LogP contribution in [0.3, 0.4) is 0 Å². The molecule has 0 unspecified atom stereocenters. The fourth-order valence-electron chi connectivity index (χ4n) is 19.0. The van der Waals surface area contributed by atoms with Crippen molar-refractivity contribution in [1.29, 1.82) is 0 Å². The molecule has 0 spiro atoms. The minimum Gasteiger partial charge on any atom is -0.310 e. The average Bonchev–Trinajstić information content (AvgIpc) is 0.631. The predicted molar refractivity (Wildman–Crippen MR) is 483 cm³/mol. The summed E-state index contributed by atoms with van der Waals surface area (Å²) in [6, 6.07) is 176. The van der Waals surface area contributed by atoms with E-state index in [-0.39, 0.29) is 0 Å². The lowest BCUT2D eigenvalue weighted by atomic mass is 9.38. The van der Waals surface area contributed by atoms with Gasteiger partial charge in [-0.2, -0.15) is 0 Å². The van der Waals surface area contributed by atoms with Gasteiger partial charge in [0.25, 0.3) is 0 Å². The quantitative estimate of drug-likeness (QED) is 0.0847. The van der Waals surface area contributed by atoms with Crippen LogP contribution in [-0.2, 0) is 10.8 Å². The Morgan fingerprint density at radius 1 is 0.103 bits per heavy atom. The van der Waals surface area contributed by atoms with Gasteiger partial charge in [-0.25, -0.2) is 0 Å². The molecule has 0 N–H and O–H groups in total. The van der Waals surface area contributed by atoms with Gasteiger partial charge in [0.2, 0.25) is 0 Å². The molecule has 6 nitrogen and oxygen atoms in total. The Morgan fingerprint density at radius 2 is 0.207 bits per heavy atom. The average molecular weight is 1480 g/mol. The molecule has 6 heteroatoms. The van der Waals surface area contributed by atoms with E-state index in [0.717, 1.165) is 169 Å². The lowest BCUT2D eigenvalue weighted by Gasteiger charge is -2.62. The van der Waals surface area contributed by atoms with Crippen LogP contribution in [0.15, 0.2) is 473 Å². The molecule has 0 atom stereocenters. The van der Waals surface area contributed by atoms with E-state index in [1.54, 1.807) is 0 Å². The van der Waals surface area contributed by atoms with Crippen molar-refractivity contribution in [2.75, 3.05) is 29.4 Å². The summed E-state index contributed by atoms with van der Waals surface area (Å²) in [7, 11) is 0. The van der Waals surface area contributed by atoms with E-state index in [2.05, 4.69) is 503 Å². The maximum atomic E-state index is 2.61. The van der Waals surface area contributed by atoms with E-state index in [4.69, 9.17) is 0 Å². The van der Waals surface area contributed by atoms with Gasteiger partial charge in [-0.3, -0.25) is 0 Å². The Balaban J connectivity index is 1.02. The molecule has 0 saturated heterocycles. The van der Waals surface area contributed by atoms with Crippen LogP contribution < -0.4 is 29.4 Å². The van der Waals surface area contributed by atoms with Crippen molar-refractivity contribution in [3.8, 4) is 33.4 Å². The molecule has 0 saturated carbocycles. The number of hydrogen-bond acceptors (Lipinski definition) is 6. The lowest BCUT2D eigenvalue weighted by molar-refractivity contribution is 0.405. The summed E-state index contributed by atoms with van der Waals surface area (Å²) < 4.78 is 0. The molecule has 18 aromatic carbocycles. The van der Waals surface area contributed by atoms with E-state index in [9.17, 15) is 0 Å². The van der Waals surface area contributed by atoms with Crippen LogP contribution >= 0.6 is 0 Å². The van der Waals surface area contributed by atoms with Crippen LogP contribution in [-0.4, -0.2) is 0 Å². The Labute approximate surface area is 678 Å². The minimum absolute atomic E-state index is 1.02. The molecule has 18 aromatic rings. The van der Waals surface area contributed by atoms with Gasteiger partial charge in [0.1, 0.15) is 0 Å². The second kappa shape index (κ2) is 29.1. The molecule has 0 amide bonds. The predicted octanol–water partition coefficient (Wildman–Crippen LogP) is 29.8. The van der Waals surface area contributed by atoms with Gasteiger partial charge < -0.3 is 29.4 Å². The summed E-state index contributed by atoms with van der Waals surface area (Å²) in [5, 5.41) is 0. The smallest absolute Gasteiger partial charge is 0.0650 e. The second-order valence-corrected chi connectivity index (χ2v) is 29.9. The normalized spacial score (nSPS) is 14.3. The van der Waals surface area contributed by atoms with Gasteiger partial charge in [-0.15, -0.1) is 0 Å². The fourth-order valence-corrected chi connectivity index (χ4v) is 19.0. The van der Waals surface area contributed by atoms with Gasteiger partial charge in [0.15, 0.2) is 0 Å². The van der Waals surface area contributed by atoms with E-state index in [0.29, 0.717) is 0 Å². The number of fused-ring (bicyclic) bond motifs is 9. The Bertz CT molecular complexity index is 5290. The highest BCUT2D eigenvalue weighted by atomic mass is 15.2. The zero-order valence-electron chi connectivity index (χ0n) is 63.7. The van der Waals surface area contributed by atoms with Crippen molar-refractivity contribution >= 4 is 102 Å². The van der Waals surface area contributed by atoms with Crippen molar-refractivity contribution in [3.05, 3.63) is 507 Å². The van der Waals surface area contributed by atoms with Crippen LogP contribution in [0, 0.1) is 0 Å². The lowest BCUT2D eigenvalue weighted by Crippen LogP contribution is -2.58.